The molecule has 0 unspecified atom stereocenters. The third-order valence-electron chi connectivity index (χ3n) is 1.93. The molecule has 0 spiro atoms. The standard InChI is InChI=1S/C10H13NO2/c1-8(2)10-5-3-9(4-6-10)7-13-11-12/h3-6,8H,7H2,1-2H3. The number of benzene rings is 1. The zero-order chi connectivity index (χ0) is 9.68. The van der Waals surface area contributed by atoms with Gasteiger partial charge in [0.15, 0.2) is 5.34 Å². The van der Waals surface area contributed by atoms with Gasteiger partial charge in [0, 0.05) is 0 Å². The highest BCUT2D eigenvalue weighted by Crippen LogP contribution is 2.14. The minimum Gasteiger partial charge on any atom is -0.359 e. The lowest BCUT2D eigenvalue weighted by Gasteiger charge is -2.05. The lowest BCUT2D eigenvalue weighted by Crippen LogP contribution is -1.89. The fourth-order valence-corrected chi connectivity index (χ4v) is 1.10. The van der Waals surface area contributed by atoms with Gasteiger partial charge in [0.1, 0.15) is 6.61 Å². The second-order valence-corrected chi connectivity index (χ2v) is 3.24. The fourth-order valence-electron chi connectivity index (χ4n) is 1.10. The molecule has 13 heavy (non-hydrogen) atoms. The first-order valence-electron chi connectivity index (χ1n) is 4.27. The van der Waals surface area contributed by atoms with E-state index in [1.54, 1.807) is 0 Å². The molecule has 0 saturated carbocycles. The van der Waals surface area contributed by atoms with E-state index in [0.717, 1.165) is 5.56 Å². The van der Waals surface area contributed by atoms with E-state index in [1.165, 1.54) is 5.56 Å². The summed E-state index contributed by atoms with van der Waals surface area (Å²) in [6, 6.07) is 7.96. The van der Waals surface area contributed by atoms with Gasteiger partial charge in [0.2, 0.25) is 0 Å². The van der Waals surface area contributed by atoms with Crippen LogP contribution in [0.3, 0.4) is 0 Å². The molecular formula is C10H13NO2. The Morgan fingerprint density at radius 3 is 2.38 bits per heavy atom. The van der Waals surface area contributed by atoms with Crippen LogP contribution in [0.25, 0.3) is 0 Å². The van der Waals surface area contributed by atoms with E-state index >= 15 is 0 Å². The van der Waals surface area contributed by atoms with Crippen LogP contribution in [0.4, 0.5) is 0 Å². The quantitative estimate of drug-likeness (QED) is 0.526. The molecular weight excluding hydrogens is 166 g/mol. The van der Waals surface area contributed by atoms with Gasteiger partial charge in [-0.25, -0.2) is 0 Å². The molecule has 70 valence electrons. The molecule has 1 rings (SSSR count). The van der Waals surface area contributed by atoms with Crippen LogP contribution >= 0.6 is 0 Å². The number of hydrogen-bond donors (Lipinski definition) is 0. The van der Waals surface area contributed by atoms with Crippen LogP contribution in [0, 0.1) is 4.91 Å². The first-order valence-corrected chi connectivity index (χ1v) is 4.27. The predicted molar refractivity (Wildman–Crippen MR) is 51.1 cm³/mol. The Bertz CT molecular complexity index is 267. The highest BCUT2D eigenvalue weighted by Gasteiger charge is 1.98. The third-order valence-corrected chi connectivity index (χ3v) is 1.93. The van der Waals surface area contributed by atoms with E-state index in [2.05, 4.69) is 24.0 Å². The van der Waals surface area contributed by atoms with Gasteiger partial charge in [-0.2, -0.15) is 0 Å². The zero-order valence-corrected chi connectivity index (χ0v) is 7.86. The number of nitrogens with zero attached hydrogens (tertiary/aromatic N) is 1. The van der Waals surface area contributed by atoms with Crippen LogP contribution in [0.1, 0.15) is 30.9 Å². The van der Waals surface area contributed by atoms with E-state index in [9.17, 15) is 4.91 Å². The van der Waals surface area contributed by atoms with Crippen LogP contribution < -0.4 is 0 Å². The summed E-state index contributed by atoms with van der Waals surface area (Å²) in [4.78, 5) is 14.1. The van der Waals surface area contributed by atoms with Crippen LogP contribution in [-0.2, 0) is 11.4 Å². The maximum absolute atomic E-state index is 9.68. The van der Waals surface area contributed by atoms with E-state index < -0.39 is 0 Å². The maximum Gasteiger partial charge on any atom is 0.155 e. The Kier molecular flexibility index (Phi) is 3.43. The minimum absolute atomic E-state index is 0.252. The van der Waals surface area contributed by atoms with Gasteiger partial charge in [-0.15, -0.1) is 4.91 Å². The maximum atomic E-state index is 9.68. The van der Waals surface area contributed by atoms with Crippen LogP contribution in [0.15, 0.2) is 29.6 Å². The van der Waals surface area contributed by atoms with Crippen LogP contribution in [0.2, 0.25) is 0 Å². The van der Waals surface area contributed by atoms with Crippen LogP contribution in [-0.4, -0.2) is 0 Å². The Balaban J connectivity index is 2.64. The number of hydrogen-bond acceptors (Lipinski definition) is 3. The summed E-state index contributed by atoms with van der Waals surface area (Å²) < 4.78 is 0. The van der Waals surface area contributed by atoms with Crippen molar-refractivity contribution in [2.24, 2.45) is 5.34 Å². The average Bonchev–Trinajstić information content (AvgIpc) is 2.15. The molecule has 0 aromatic heterocycles. The van der Waals surface area contributed by atoms with Gasteiger partial charge in [-0.3, -0.25) is 0 Å². The summed E-state index contributed by atoms with van der Waals surface area (Å²) in [6.45, 7) is 4.53. The van der Waals surface area contributed by atoms with Gasteiger partial charge in [0.05, 0.1) is 0 Å². The SMILES string of the molecule is CC(C)c1ccc(CON=O)cc1. The predicted octanol–water partition coefficient (Wildman–Crippen LogP) is 3.01. The van der Waals surface area contributed by atoms with Crippen molar-refractivity contribution >= 4 is 0 Å². The molecule has 3 heteroatoms. The molecule has 0 N–H and O–H groups in total. The summed E-state index contributed by atoms with van der Waals surface area (Å²) in [6.07, 6.45) is 0. The van der Waals surface area contributed by atoms with Crippen molar-refractivity contribution in [3.05, 3.63) is 40.3 Å². The largest absolute Gasteiger partial charge is 0.359 e. The van der Waals surface area contributed by atoms with Gasteiger partial charge in [-0.05, 0) is 17.0 Å². The normalized spacial score (nSPS) is 10.1. The molecule has 1 aromatic rings. The zero-order valence-electron chi connectivity index (χ0n) is 7.86. The Morgan fingerprint density at radius 1 is 1.31 bits per heavy atom. The van der Waals surface area contributed by atoms with Gasteiger partial charge in [0.25, 0.3) is 0 Å². The summed E-state index contributed by atoms with van der Waals surface area (Å²) in [5.74, 6) is 0.527. The molecule has 0 bridgehead atoms. The second-order valence-electron chi connectivity index (χ2n) is 3.24. The van der Waals surface area contributed by atoms with Crippen molar-refractivity contribution < 1.29 is 4.84 Å². The van der Waals surface area contributed by atoms with Crippen molar-refractivity contribution in [3.63, 3.8) is 0 Å². The molecule has 0 heterocycles. The molecule has 1 aromatic carbocycles. The highest BCUT2D eigenvalue weighted by molar-refractivity contribution is 5.24. The second kappa shape index (κ2) is 4.60. The Labute approximate surface area is 77.7 Å². The van der Waals surface area contributed by atoms with Gasteiger partial charge >= 0.3 is 0 Å². The summed E-state index contributed by atoms with van der Waals surface area (Å²) >= 11 is 0. The van der Waals surface area contributed by atoms with Crippen molar-refractivity contribution in [3.8, 4) is 0 Å². The molecule has 0 radical (unpaired) electrons. The summed E-state index contributed by atoms with van der Waals surface area (Å²) in [7, 11) is 0. The van der Waals surface area contributed by atoms with Crippen molar-refractivity contribution in [2.45, 2.75) is 26.4 Å². The molecule has 0 aliphatic heterocycles. The third kappa shape index (κ3) is 2.86. The van der Waals surface area contributed by atoms with Gasteiger partial charge < -0.3 is 4.84 Å². The molecule has 0 aliphatic rings. The van der Waals surface area contributed by atoms with Crippen molar-refractivity contribution in [2.75, 3.05) is 0 Å². The first-order chi connectivity index (χ1) is 6.24. The molecule has 0 fully saturated rings. The van der Waals surface area contributed by atoms with E-state index in [4.69, 9.17) is 0 Å². The lowest BCUT2D eigenvalue weighted by atomic mass is 10.0. The smallest absolute Gasteiger partial charge is 0.155 e. The molecule has 0 amide bonds. The summed E-state index contributed by atoms with van der Waals surface area (Å²) in [5, 5.41) is 2.34. The Morgan fingerprint density at radius 2 is 1.92 bits per heavy atom. The highest BCUT2D eigenvalue weighted by atomic mass is 16.7. The minimum atomic E-state index is 0.252. The van der Waals surface area contributed by atoms with Gasteiger partial charge in [-0.1, -0.05) is 38.1 Å². The van der Waals surface area contributed by atoms with Crippen molar-refractivity contribution in [1.82, 2.24) is 0 Å². The van der Waals surface area contributed by atoms with E-state index in [0.29, 0.717) is 5.92 Å². The molecule has 0 atom stereocenters. The molecule has 0 saturated heterocycles. The van der Waals surface area contributed by atoms with Crippen LogP contribution in [0.5, 0.6) is 0 Å². The molecule has 0 aliphatic carbocycles. The van der Waals surface area contributed by atoms with Crippen molar-refractivity contribution in [1.29, 1.82) is 0 Å². The first kappa shape index (κ1) is 9.71. The van der Waals surface area contributed by atoms with E-state index in [1.807, 2.05) is 24.3 Å². The fraction of sp³-hybridized carbons (Fsp3) is 0.400. The monoisotopic (exact) mass is 179 g/mol. The number of rotatable bonds is 4. The topological polar surface area (TPSA) is 38.7 Å². The lowest BCUT2D eigenvalue weighted by molar-refractivity contribution is 0.126. The Hall–Kier alpha value is -1.38. The van der Waals surface area contributed by atoms with E-state index in [-0.39, 0.29) is 6.61 Å². The average molecular weight is 179 g/mol. The molecule has 3 nitrogen and oxygen atoms in total. The summed E-state index contributed by atoms with van der Waals surface area (Å²) in [5.41, 5.74) is 2.24.